The topological polar surface area (TPSA) is 75.3 Å². The molecular weight excluding hydrogens is 344 g/mol. The van der Waals surface area contributed by atoms with E-state index in [0.29, 0.717) is 0 Å². The summed E-state index contributed by atoms with van der Waals surface area (Å²) in [5, 5.41) is 2.74. The molecule has 0 aliphatic heterocycles. The monoisotopic (exact) mass is 362 g/mol. The molecule has 0 heterocycles. The Balaban J connectivity index is 2.75. The van der Waals surface area contributed by atoms with Gasteiger partial charge in [-0.2, -0.15) is 4.72 Å². The molecule has 20 heavy (non-hydrogen) atoms. The molecule has 0 unspecified atom stereocenters. The molecule has 1 amide bonds. The average Bonchev–Trinajstić information content (AvgIpc) is 2.38. The number of carbonyl (C=O) groups excluding carboxylic acids is 1. The number of hydrogen-bond donors (Lipinski definition) is 2. The van der Waals surface area contributed by atoms with Gasteiger partial charge in [0, 0.05) is 10.5 Å². The molecule has 0 bridgehead atoms. The van der Waals surface area contributed by atoms with Crippen molar-refractivity contribution >= 4 is 31.9 Å². The number of benzene rings is 1. The van der Waals surface area contributed by atoms with E-state index < -0.39 is 16.1 Å². The molecule has 1 rings (SSSR count). The van der Waals surface area contributed by atoms with Gasteiger partial charge < -0.3 is 5.32 Å². The van der Waals surface area contributed by atoms with Gasteiger partial charge in [0.25, 0.3) is 0 Å². The number of hydrogen-bond acceptors (Lipinski definition) is 3. The summed E-state index contributed by atoms with van der Waals surface area (Å²) >= 11 is 3.24. The zero-order valence-electron chi connectivity index (χ0n) is 11.7. The van der Waals surface area contributed by atoms with Crippen LogP contribution in [0.3, 0.4) is 0 Å². The molecule has 0 saturated carbocycles. The minimum atomic E-state index is -3.70. The van der Waals surface area contributed by atoms with Gasteiger partial charge in [0.2, 0.25) is 15.9 Å². The van der Waals surface area contributed by atoms with Gasteiger partial charge in [0.05, 0.1) is 10.9 Å². The molecule has 7 heteroatoms. The van der Waals surface area contributed by atoms with Crippen molar-refractivity contribution in [2.24, 2.45) is 0 Å². The van der Waals surface area contributed by atoms with Crippen LogP contribution in [-0.2, 0) is 14.8 Å². The minimum absolute atomic E-state index is 0.0159. The fourth-order valence-electron chi connectivity index (χ4n) is 1.44. The molecule has 1 aromatic rings. The van der Waals surface area contributed by atoms with Crippen LogP contribution in [0.4, 0.5) is 0 Å². The Morgan fingerprint density at radius 3 is 2.30 bits per heavy atom. The first kappa shape index (κ1) is 17.1. The Kier molecular flexibility index (Phi) is 6.16. The highest BCUT2D eigenvalue weighted by atomic mass is 79.9. The summed E-state index contributed by atoms with van der Waals surface area (Å²) in [6, 6.07) is 5.42. The van der Waals surface area contributed by atoms with Gasteiger partial charge in [-0.1, -0.05) is 22.9 Å². The summed E-state index contributed by atoms with van der Waals surface area (Å²) in [7, 11) is -3.70. The van der Waals surface area contributed by atoms with Crippen molar-refractivity contribution < 1.29 is 13.2 Å². The van der Waals surface area contributed by atoms with Crippen molar-refractivity contribution in [3.63, 3.8) is 0 Å². The molecule has 0 spiro atoms. The van der Waals surface area contributed by atoms with E-state index in [2.05, 4.69) is 26.0 Å². The Morgan fingerprint density at radius 2 is 1.80 bits per heavy atom. The van der Waals surface area contributed by atoms with Crippen LogP contribution >= 0.6 is 15.9 Å². The Labute approximate surface area is 128 Å². The number of carbonyl (C=O) groups is 1. The molecule has 0 saturated heterocycles. The zero-order chi connectivity index (χ0) is 15.3. The lowest BCUT2D eigenvalue weighted by Crippen LogP contribution is -2.47. The SMILES string of the molecule is CC[C@H](C)NC(=O)[C@@H](C)NS(=O)(=O)c1ccc(Br)cc1. The number of sulfonamides is 1. The van der Waals surface area contributed by atoms with Crippen LogP contribution in [0.1, 0.15) is 27.2 Å². The predicted octanol–water partition coefficient (Wildman–Crippen LogP) is 2.03. The molecule has 0 radical (unpaired) electrons. The van der Waals surface area contributed by atoms with E-state index >= 15 is 0 Å². The first-order valence-electron chi connectivity index (χ1n) is 6.34. The van der Waals surface area contributed by atoms with Gasteiger partial charge in [-0.25, -0.2) is 8.42 Å². The van der Waals surface area contributed by atoms with Crippen molar-refractivity contribution in [2.45, 2.75) is 44.2 Å². The highest BCUT2D eigenvalue weighted by molar-refractivity contribution is 9.10. The third kappa shape index (κ3) is 4.88. The van der Waals surface area contributed by atoms with Gasteiger partial charge in [-0.15, -0.1) is 0 Å². The maximum atomic E-state index is 12.1. The zero-order valence-corrected chi connectivity index (χ0v) is 14.1. The van der Waals surface area contributed by atoms with E-state index in [1.54, 1.807) is 12.1 Å². The lowest BCUT2D eigenvalue weighted by Gasteiger charge is -2.17. The van der Waals surface area contributed by atoms with Crippen LogP contribution in [0, 0.1) is 0 Å². The smallest absolute Gasteiger partial charge is 0.241 e. The molecule has 0 aromatic heterocycles. The van der Waals surface area contributed by atoms with Crippen LogP contribution in [-0.4, -0.2) is 26.4 Å². The Hall–Kier alpha value is -0.920. The number of halogens is 1. The standard InChI is InChI=1S/C13H19BrN2O3S/c1-4-9(2)15-13(17)10(3)16-20(18,19)12-7-5-11(14)6-8-12/h5-10,16H,4H2,1-3H3,(H,15,17)/t9-,10+/m0/s1. The van der Waals surface area contributed by atoms with Crippen molar-refractivity contribution in [2.75, 3.05) is 0 Å². The van der Waals surface area contributed by atoms with Crippen molar-refractivity contribution in [1.29, 1.82) is 0 Å². The van der Waals surface area contributed by atoms with Gasteiger partial charge >= 0.3 is 0 Å². The van der Waals surface area contributed by atoms with Gasteiger partial charge in [0.1, 0.15) is 0 Å². The van der Waals surface area contributed by atoms with Crippen LogP contribution in [0.15, 0.2) is 33.6 Å². The van der Waals surface area contributed by atoms with Crippen molar-refractivity contribution in [3.8, 4) is 0 Å². The summed E-state index contributed by atoms with van der Waals surface area (Å²) < 4.78 is 27.4. The summed E-state index contributed by atoms with van der Waals surface area (Å²) in [5.41, 5.74) is 0. The van der Waals surface area contributed by atoms with Gasteiger partial charge in [0.15, 0.2) is 0 Å². The second kappa shape index (κ2) is 7.19. The van der Waals surface area contributed by atoms with E-state index in [1.165, 1.54) is 19.1 Å². The highest BCUT2D eigenvalue weighted by Crippen LogP contribution is 2.14. The van der Waals surface area contributed by atoms with E-state index in [9.17, 15) is 13.2 Å². The third-order valence-corrected chi connectivity index (χ3v) is 4.94. The lowest BCUT2D eigenvalue weighted by atomic mass is 10.2. The van der Waals surface area contributed by atoms with Gasteiger partial charge in [-0.05, 0) is 44.5 Å². The van der Waals surface area contributed by atoms with Gasteiger partial charge in [-0.3, -0.25) is 4.79 Å². The predicted molar refractivity (Wildman–Crippen MR) is 81.8 cm³/mol. The van der Waals surface area contributed by atoms with Crippen LogP contribution < -0.4 is 10.0 Å². The first-order valence-corrected chi connectivity index (χ1v) is 8.62. The van der Waals surface area contributed by atoms with Crippen LogP contribution in [0.5, 0.6) is 0 Å². The number of amides is 1. The summed E-state index contributed by atoms with van der Waals surface area (Å²) in [5.74, 6) is -0.333. The van der Waals surface area contributed by atoms with E-state index in [0.717, 1.165) is 10.9 Å². The number of rotatable bonds is 6. The summed E-state index contributed by atoms with van der Waals surface area (Å²) in [4.78, 5) is 12.0. The Morgan fingerprint density at radius 1 is 1.25 bits per heavy atom. The van der Waals surface area contributed by atoms with E-state index in [1.807, 2.05) is 13.8 Å². The molecule has 2 atom stereocenters. The molecule has 5 nitrogen and oxygen atoms in total. The Bertz CT molecular complexity index is 557. The normalized spacial score (nSPS) is 14.6. The van der Waals surface area contributed by atoms with Crippen LogP contribution in [0.25, 0.3) is 0 Å². The van der Waals surface area contributed by atoms with E-state index in [4.69, 9.17) is 0 Å². The molecule has 1 aromatic carbocycles. The second-order valence-corrected chi connectivity index (χ2v) is 7.24. The maximum absolute atomic E-state index is 12.1. The molecule has 0 fully saturated rings. The third-order valence-electron chi connectivity index (χ3n) is 2.85. The number of nitrogens with one attached hydrogen (secondary N) is 2. The molecular formula is C13H19BrN2O3S. The molecule has 0 aliphatic carbocycles. The average molecular weight is 363 g/mol. The molecule has 112 valence electrons. The minimum Gasteiger partial charge on any atom is -0.352 e. The first-order chi connectivity index (χ1) is 9.26. The van der Waals surface area contributed by atoms with Crippen molar-refractivity contribution in [1.82, 2.24) is 10.0 Å². The lowest BCUT2D eigenvalue weighted by molar-refractivity contribution is -0.122. The fraction of sp³-hybridized carbons (Fsp3) is 0.462. The quantitative estimate of drug-likeness (QED) is 0.812. The largest absolute Gasteiger partial charge is 0.352 e. The molecule has 2 N–H and O–H groups in total. The maximum Gasteiger partial charge on any atom is 0.241 e. The molecule has 0 aliphatic rings. The highest BCUT2D eigenvalue weighted by Gasteiger charge is 2.22. The summed E-state index contributed by atoms with van der Waals surface area (Å²) in [6.07, 6.45) is 0.790. The van der Waals surface area contributed by atoms with Crippen LogP contribution in [0.2, 0.25) is 0 Å². The second-order valence-electron chi connectivity index (χ2n) is 4.61. The van der Waals surface area contributed by atoms with E-state index in [-0.39, 0.29) is 16.8 Å². The van der Waals surface area contributed by atoms with Crippen molar-refractivity contribution in [3.05, 3.63) is 28.7 Å². The summed E-state index contributed by atoms with van der Waals surface area (Å²) in [6.45, 7) is 5.34. The fourth-order valence-corrected chi connectivity index (χ4v) is 2.91.